The Hall–Kier alpha value is -4.92. The number of carboxylic acid groups (broad SMARTS) is 1. The van der Waals surface area contributed by atoms with Crippen molar-refractivity contribution in [3.63, 3.8) is 0 Å². The molecule has 2 aromatic heterocycles. The average Bonchev–Trinajstić information content (AvgIpc) is 3.34. The number of hydrogen-bond acceptors (Lipinski definition) is 9. The first-order valence-corrected chi connectivity index (χ1v) is 14.0. The molecule has 2 aliphatic rings. The number of benzene rings is 2. The van der Waals surface area contributed by atoms with E-state index in [1.807, 2.05) is 4.90 Å². The Morgan fingerprint density at radius 1 is 1.13 bits per heavy atom. The number of ether oxygens (including phenoxy) is 3. The van der Waals surface area contributed by atoms with E-state index in [1.165, 1.54) is 19.2 Å². The van der Waals surface area contributed by atoms with Crippen LogP contribution in [0.2, 0.25) is 0 Å². The maximum atomic E-state index is 14.8. The van der Waals surface area contributed by atoms with Gasteiger partial charge in [0.2, 0.25) is 5.88 Å². The normalized spacial score (nSPS) is 16.6. The summed E-state index contributed by atoms with van der Waals surface area (Å²) in [4.78, 5) is 22.4. The van der Waals surface area contributed by atoms with Crippen molar-refractivity contribution in [2.45, 2.75) is 38.4 Å². The van der Waals surface area contributed by atoms with E-state index in [-0.39, 0.29) is 42.0 Å². The molecule has 2 aliphatic heterocycles. The van der Waals surface area contributed by atoms with Gasteiger partial charge in [-0.2, -0.15) is 23.3 Å². The van der Waals surface area contributed by atoms with Crippen LogP contribution in [0.25, 0.3) is 11.0 Å². The number of carboxylic acids is 1. The topological polar surface area (TPSA) is 115 Å². The minimum Gasteiger partial charge on any atom is -0.496 e. The molecule has 0 saturated carbocycles. The van der Waals surface area contributed by atoms with Crippen molar-refractivity contribution in [1.82, 2.24) is 19.5 Å². The summed E-state index contributed by atoms with van der Waals surface area (Å²) in [7, 11) is 1.29. The summed E-state index contributed by atoms with van der Waals surface area (Å²) < 4.78 is 72.3. The molecule has 236 valence electrons. The zero-order chi connectivity index (χ0) is 31.7. The molecule has 1 atom stereocenters. The van der Waals surface area contributed by atoms with E-state index >= 15 is 0 Å². The second-order valence-corrected chi connectivity index (χ2v) is 10.5. The van der Waals surface area contributed by atoms with E-state index in [4.69, 9.17) is 14.2 Å². The lowest BCUT2D eigenvalue weighted by Gasteiger charge is -2.30. The summed E-state index contributed by atoms with van der Waals surface area (Å²) in [5.41, 5.74) is -0.0685. The van der Waals surface area contributed by atoms with Gasteiger partial charge in [0.05, 0.1) is 49.5 Å². The fourth-order valence-corrected chi connectivity index (χ4v) is 5.08. The van der Waals surface area contributed by atoms with E-state index in [0.29, 0.717) is 49.0 Å². The number of halogens is 4. The highest BCUT2D eigenvalue weighted by molar-refractivity contribution is 5.92. The average molecular weight is 629 g/mol. The molecule has 15 heteroatoms. The first-order chi connectivity index (χ1) is 21.6. The van der Waals surface area contributed by atoms with Crippen molar-refractivity contribution in [2.75, 3.05) is 31.7 Å². The Balaban J connectivity index is 1.15. The van der Waals surface area contributed by atoms with E-state index in [9.17, 15) is 27.5 Å². The molecule has 4 aromatic rings. The summed E-state index contributed by atoms with van der Waals surface area (Å²) in [6.45, 7) is 2.21. The predicted octanol–water partition coefficient (Wildman–Crippen LogP) is 4.93. The number of aromatic nitrogens is 3. The number of rotatable bonds is 10. The van der Waals surface area contributed by atoms with Crippen LogP contribution in [0, 0.1) is 5.82 Å². The summed E-state index contributed by atoms with van der Waals surface area (Å²) in [5, 5.41) is 15.7. The largest absolute Gasteiger partial charge is 0.496 e. The van der Waals surface area contributed by atoms with Gasteiger partial charge in [0, 0.05) is 24.8 Å². The minimum absolute atomic E-state index is 0.0545. The highest BCUT2D eigenvalue weighted by Crippen LogP contribution is 2.33. The number of alkyl halides is 3. The van der Waals surface area contributed by atoms with Crippen molar-refractivity contribution in [3.8, 4) is 11.6 Å². The lowest BCUT2D eigenvalue weighted by atomic mass is 10.1. The first kappa shape index (κ1) is 30.1. The van der Waals surface area contributed by atoms with Gasteiger partial charge in [-0.05, 0) is 36.8 Å². The third-order valence-electron chi connectivity index (χ3n) is 7.58. The number of fused-ring (bicyclic) bond motifs is 1. The van der Waals surface area contributed by atoms with Gasteiger partial charge in [0.25, 0.3) is 0 Å². The molecule has 0 unspecified atom stereocenters. The quantitative estimate of drug-likeness (QED) is 0.244. The van der Waals surface area contributed by atoms with Crippen LogP contribution in [0.15, 0.2) is 53.6 Å². The Morgan fingerprint density at radius 3 is 2.62 bits per heavy atom. The maximum Gasteiger partial charge on any atom is 0.416 e. The Bertz CT molecular complexity index is 1760. The van der Waals surface area contributed by atoms with Crippen molar-refractivity contribution < 1.29 is 41.7 Å². The number of hydrogen-bond donors (Lipinski definition) is 1. The number of hydrazone groups is 1. The van der Waals surface area contributed by atoms with Crippen LogP contribution in [-0.4, -0.2) is 69.9 Å². The molecule has 6 rings (SSSR count). The number of imidazole rings is 1. The minimum atomic E-state index is -4.49. The predicted molar refractivity (Wildman–Crippen MR) is 154 cm³/mol. The Kier molecular flexibility index (Phi) is 8.18. The zero-order valence-corrected chi connectivity index (χ0v) is 24.0. The molecule has 0 bridgehead atoms. The number of anilines is 1. The van der Waals surface area contributed by atoms with Crippen molar-refractivity contribution in [2.24, 2.45) is 5.10 Å². The monoisotopic (exact) mass is 628 g/mol. The van der Waals surface area contributed by atoms with Crippen LogP contribution >= 0.6 is 0 Å². The molecular formula is C30H28F4N6O5. The van der Waals surface area contributed by atoms with Crippen LogP contribution in [0.1, 0.15) is 33.7 Å². The van der Waals surface area contributed by atoms with Crippen molar-refractivity contribution in [1.29, 1.82) is 0 Å². The van der Waals surface area contributed by atoms with E-state index in [2.05, 4.69) is 15.1 Å². The molecule has 1 fully saturated rings. The highest BCUT2D eigenvalue weighted by Gasteiger charge is 2.31. The van der Waals surface area contributed by atoms with Crippen LogP contribution in [0.5, 0.6) is 11.6 Å². The number of pyridine rings is 1. The maximum absolute atomic E-state index is 14.8. The lowest BCUT2D eigenvalue weighted by molar-refractivity contribution is -0.137. The highest BCUT2D eigenvalue weighted by atomic mass is 19.4. The fourth-order valence-electron chi connectivity index (χ4n) is 5.08. The third kappa shape index (κ3) is 6.48. The van der Waals surface area contributed by atoms with Gasteiger partial charge < -0.3 is 28.8 Å². The van der Waals surface area contributed by atoms with Gasteiger partial charge in [-0.1, -0.05) is 12.1 Å². The molecule has 1 saturated heterocycles. The summed E-state index contributed by atoms with van der Waals surface area (Å²) >= 11 is 0. The zero-order valence-electron chi connectivity index (χ0n) is 24.0. The molecule has 45 heavy (non-hydrogen) atoms. The van der Waals surface area contributed by atoms with E-state index in [1.54, 1.807) is 34.1 Å². The van der Waals surface area contributed by atoms with Crippen molar-refractivity contribution in [3.05, 3.63) is 76.9 Å². The molecule has 4 heterocycles. The van der Waals surface area contributed by atoms with Crippen LogP contribution in [0.3, 0.4) is 0 Å². The number of carbonyl (C=O) groups is 1. The second-order valence-electron chi connectivity index (χ2n) is 10.5. The lowest BCUT2D eigenvalue weighted by Crippen LogP contribution is -2.38. The van der Waals surface area contributed by atoms with Gasteiger partial charge >= 0.3 is 12.1 Å². The number of aromatic carboxylic acids is 1. The van der Waals surface area contributed by atoms with Crippen LogP contribution in [-0.2, 0) is 30.6 Å². The van der Waals surface area contributed by atoms with E-state index < -0.39 is 23.5 Å². The van der Waals surface area contributed by atoms with Crippen molar-refractivity contribution >= 4 is 29.2 Å². The first-order valence-electron chi connectivity index (χ1n) is 14.0. The molecule has 0 amide bonds. The summed E-state index contributed by atoms with van der Waals surface area (Å²) in [6, 6.07) is 10.8. The van der Waals surface area contributed by atoms with Crippen LogP contribution < -0.4 is 14.4 Å². The molecule has 0 radical (unpaired) electrons. The molecule has 0 spiro atoms. The summed E-state index contributed by atoms with van der Waals surface area (Å²) in [6.07, 6.45) is -2.12. The number of nitrogens with zero attached hydrogens (tertiary/aromatic N) is 6. The van der Waals surface area contributed by atoms with Gasteiger partial charge in [-0.15, -0.1) is 0 Å². The van der Waals surface area contributed by atoms with Crippen LogP contribution in [0.4, 0.5) is 23.4 Å². The standard InChI is InChI=1S/C30H28F4N6O5/c1-43-24-13-20(30(32,33)34)6-5-18(24)16-45-27-4-2-3-25(36-27)38-8-9-39(35-17-38)15-26-37-28-22(31)11-19(29(41)42)12-23(28)40(26)14-21-7-10-44-21/h2-6,11-13,17,21H,7-10,14-16H2,1H3,(H,41,42)/t21-/m0/s1. The third-order valence-corrected chi connectivity index (χ3v) is 7.58. The Morgan fingerprint density at radius 2 is 1.96 bits per heavy atom. The molecular weight excluding hydrogens is 600 g/mol. The Labute approximate surface area is 254 Å². The second kappa shape index (κ2) is 12.2. The number of methoxy groups -OCH3 is 1. The fraction of sp³-hybridized carbons (Fsp3) is 0.333. The molecule has 0 aliphatic carbocycles. The SMILES string of the molecule is COc1cc(C(F)(F)F)ccc1COc1cccc(N2C=NN(Cc3nc4c(F)cc(C(=O)O)cc4n3C[C@@H]3CCO3)CC2)n1. The molecule has 1 N–H and O–H groups in total. The van der Waals surface area contributed by atoms with Gasteiger partial charge in [0.1, 0.15) is 35.9 Å². The van der Waals surface area contributed by atoms with Gasteiger partial charge in [0.15, 0.2) is 5.82 Å². The van der Waals surface area contributed by atoms with E-state index in [0.717, 1.165) is 24.6 Å². The smallest absolute Gasteiger partial charge is 0.416 e. The molecule has 2 aromatic carbocycles. The van der Waals surface area contributed by atoms with Gasteiger partial charge in [-0.3, -0.25) is 5.01 Å². The molecule has 11 nitrogen and oxygen atoms in total. The summed E-state index contributed by atoms with van der Waals surface area (Å²) in [5.74, 6) is -0.540. The van der Waals surface area contributed by atoms with Gasteiger partial charge in [-0.25, -0.2) is 14.2 Å².